The molecule has 2 aromatic rings. The average Bonchev–Trinajstić information content (AvgIpc) is 3.00. The van der Waals surface area contributed by atoms with Crippen LogP contribution in [0.4, 0.5) is 0 Å². The van der Waals surface area contributed by atoms with Gasteiger partial charge in [0.1, 0.15) is 24.2 Å². The lowest BCUT2D eigenvalue weighted by Crippen LogP contribution is -2.62. The van der Waals surface area contributed by atoms with E-state index in [1.807, 2.05) is 36.4 Å². The van der Waals surface area contributed by atoms with Crippen molar-refractivity contribution in [1.29, 1.82) is 0 Å². The number of benzene rings is 1. The van der Waals surface area contributed by atoms with E-state index in [2.05, 4.69) is 16.1 Å². The average molecular weight is 621 g/mol. The van der Waals surface area contributed by atoms with E-state index in [0.717, 1.165) is 10.9 Å². The molecule has 1 aromatic carbocycles. The van der Waals surface area contributed by atoms with Crippen LogP contribution in [0.3, 0.4) is 0 Å². The van der Waals surface area contributed by atoms with Crippen molar-refractivity contribution in [1.82, 2.24) is 31.0 Å². The van der Waals surface area contributed by atoms with Gasteiger partial charge >= 0.3 is 5.97 Å². The Balaban J connectivity index is 1.74. The van der Waals surface area contributed by atoms with Gasteiger partial charge in [-0.05, 0) is 57.2 Å². The van der Waals surface area contributed by atoms with Crippen molar-refractivity contribution < 1.29 is 28.7 Å². The molecule has 3 N–H and O–H groups in total. The molecule has 12 nitrogen and oxygen atoms in total. The number of fused-ring (bicyclic) bond motifs is 4. The molecule has 4 amide bonds. The van der Waals surface area contributed by atoms with E-state index in [1.165, 1.54) is 9.91 Å². The first-order valence-electron chi connectivity index (χ1n) is 15.4. The minimum Gasteiger partial charge on any atom is -0.455 e. The Labute approximate surface area is 263 Å². The fourth-order valence-corrected chi connectivity index (χ4v) is 5.16. The van der Waals surface area contributed by atoms with Crippen LogP contribution in [0, 0.1) is 11.3 Å². The Morgan fingerprint density at radius 2 is 1.82 bits per heavy atom. The second-order valence-electron chi connectivity index (χ2n) is 12.9. The van der Waals surface area contributed by atoms with E-state index in [9.17, 15) is 24.0 Å². The molecule has 0 spiro atoms. The van der Waals surface area contributed by atoms with Gasteiger partial charge in [-0.25, -0.2) is 10.4 Å². The molecule has 2 aliphatic heterocycles. The number of pyridine rings is 1. The van der Waals surface area contributed by atoms with Gasteiger partial charge in [0.05, 0.1) is 23.0 Å². The summed E-state index contributed by atoms with van der Waals surface area (Å²) in [5.41, 5.74) is 4.04. The van der Waals surface area contributed by atoms with Crippen LogP contribution in [-0.4, -0.2) is 83.3 Å². The van der Waals surface area contributed by atoms with E-state index >= 15 is 0 Å². The maximum absolute atomic E-state index is 13.8. The molecule has 4 atom stereocenters. The summed E-state index contributed by atoms with van der Waals surface area (Å²) < 4.78 is 5.78. The van der Waals surface area contributed by atoms with Gasteiger partial charge in [0, 0.05) is 26.0 Å². The van der Waals surface area contributed by atoms with Crippen LogP contribution in [0.25, 0.3) is 17.0 Å². The molecule has 1 unspecified atom stereocenters. The monoisotopic (exact) mass is 620 g/mol. The number of hydrogen-bond acceptors (Lipinski definition) is 8. The van der Waals surface area contributed by atoms with Crippen molar-refractivity contribution in [2.24, 2.45) is 11.3 Å². The molecule has 45 heavy (non-hydrogen) atoms. The summed E-state index contributed by atoms with van der Waals surface area (Å²) in [6.07, 6.45) is 3.55. The zero-order valence-electron chi connectivity index (χ0n) is 27.0. The number of nitrogens with zero attached hydrogens (tertiary/aromatic N) is 3. The second-order valence-corrected chi connectivity index (χ2v) is 12.9. The predicted octanol–water partition coefficient (Wildman–Crippen LogP) is 2.49. The molecule has 1 fully saturated rings. The Morgan fingerprint density at radius 1 is 1.11 bits per heavy atom. The number of carbonyl (C=O) groups is 5. The van der Waals surface area contributed by atoms with Crippen LogP contribution in [-0.2, 0) is 28.7 Å². The molecule has 4 rings (SSSR count). The third kappa shape index (κ3) is 8.05. The van der Waals surface area contributed by atoms with Crippen LogP contribution in [0.1, 0.15) is 71.2 Å². The Kier molecular flexibility index (Phi) is 10.3. The molecule has 0 radical (unpaired) electrons. The summed E-state index contributed by atoms with van der Waals surface area (Å²) in [4.78, 5) is 73.0. The molecule has 0 saturated carbocycles. The molecule has 2 aliphatic rings. The van der Waals surface area contributed by atoms with Crippen LogP contribution < -0.4 is 16.1 Å². The zero-order valence-corrected chi connectivity index (χ0v) is 27.0. The van der Waals surface area contributed by atoms with Crippen molar-refractivity contribution in [2.45, 2.75) is 78.1 Å². The molecule has 1 saturated heterocycles. The number of ether oxygens (including phenoxy) is 1. The molecule has 0 aliphatic carbocycles. The van der Waals surface area contributed by atoms with E-state index < -0.39 is 47.4 Å². The van der Waals surface area contributed by atoms with Gasteiger partial charge in [0.15, 0.2) is 0 Å². The number of hydrogen-bond donors (Lipinski definition) is 3. The molecule has 5 bridgehead atoms. The molecule has 3 heterocycles. The Morgan fingerprint density at radius 3 is 2.51 bits per heavy atom. The first-order chi connectivity index (χ1) is 21.2. The standard InChI is InChI=1S/C33H44N6O6/c1-19(2)28-29(41)35-26(18-27(40)38(6)7)30(42)39-16-8-9-24(37-39)31(43)45-20(3)23-13-12-22-11-10-21(17-25(22)34-23)14-15-33(4,5)32(44)36-28/h10-15,17,19-20,24,26,28,37H,8-9,16,18H2,1-7H3,(H,35,41)(H,36,44)/b15-14+/t20-,24?,26+,28+/m1/s1. The molecule has 242 valence electrons. The summed E-state index contributed by atoms with van der Waals surface area (Å²) in [5.74, 6) is -2.78. The number of aromatic nitrogens is 1. The Bertz CT molecular complexity index is 1500. The van der Waals surface area contributed by atoms with Crippen molar-refractivity contribution in [3.05, 3.63) is 47.7 Å². The quantitative estimate of drug-likeness (QED) is 0.443. The minimum absolute atomic E-state index is 0.264. The number of rotatable bonds is 3. The number of carbonyl (C=O) groups excluding carboxylic acids is 5. The maximum Gasteiger partial charge on any atom is 0.325 e. The summed E-state index contributed by atoms with van der Waals surface area (Å²) in [6.45, 7) is 9.07. The van der Waals surface area contributed by atoms with Crippen LogP contribution in [0.15, 0.2) is 36.4 Å². The number of esters is 1. The lowest BCUT2D eigenvalue weighted by molar-refractivity contribution is -0.157. The van der Waals surface area contributed by atoms with Crippen molar-refractivity contribution in [3.8, 4) is 0 Å². The van der Waals surface area contributed by atoms with Crippen LogP contribution >= 0.6 is 0 Å². The van der Waals surface area contributed by atoms with E-state index in [-0.39, 0.29) is 30.7 Å². The highest BCUT2D eigenvalue weighted by atomic mass is 16.5. The summed E-state index contributed by atoms with van der Waals surface area (Å²) in [7, 11) is 3.12. The summed E-state index contributed by atoms with van der Waals surface area (Å²) in [5, 5.41) is 7.74. The third-order valence-electron chi connectivity index (χ3n) is 8.19. The van der Waals surface area contributed by atoms with E-state index in [1.54, 1.807) is 54.8 Å². The van der Waals surface area contributed by atoms with Gasteiger partial charge in [-0.3, -0.25) is 29.0 Å². The number of amides is 4. The van der Waals surface area contributed by atoms with Crippen LogP contribution in [0.5, 0.6) is 0 Å². The Hall–Kier alpha value is -4.32. The zero-order chi connectivity index (χ0) is 33.1. The van der Waals surface area contributed by atoms with Crippen molar-refractivity contribution in [3.63, 3.8) is 0 Å². The van der Waals surface area contributed by atoms with Gasteiger partial charge in [0.2, 0.25) is 17.7 Å². The second kappa shape index (κ2) is 13.8. The highest BCUT2D eigenvalue weighted by Crippen LogP contribution is 2.25. The fraction of sp³-hybridized carbons (Fsp3) is 0.515. The van der Waals surface area contributed by atoms with Crippen molar-refractivity contribution >= 4 is 46.6 Å². The molecular weight excluding hydrogens is 576 g/mol. The van der Waals surface area contributed by atoms with E-state index in [4.69, 9.17) is 9.72 Å². The first kappa shape index (κ1) is 33.6. The van der Waals surface area contributed by atoms with Gasteiger partial charge in [0.25, 0.3) is 5.91 Å². The SMILES string of the molecule is CC(C)[C@@H]1NC(=O)C(C)(C)/C=C/c2ccc3ccc(nc3c2)[C@@H](C)OC(=O)C2CCCN(N2)C(=O)[C@H](CC(=O)N(C)C)NC1=O. The number of cyclic esters (lactones) is 1. The fourth-order valence-electron chi connectivity index (χ4n) is 5.16. The maximum atomic E-state index is 13.8. The number of nitrogens with one attached hydrogen (secondary N) is 3. The van der Waals surface area contributed by atoms with Crippen LogP contribution in [0.2, 0.25) is 0 Å². The topological polar surface area (TPSA) is 150 Å². The summed E-state index contributed by atoms with van der Waals surface area (Å²) in [6, 6.07) is 6.43. The highest BCUT2D eigenvalue weighted by molar-refractivity contribution is 5.96. The number of hydrazine groups is 1. The summed E-state index contributed by atoms with van der Waals surface area (Å²) >= 11 is 0. The van der Waals surface area contributed by atoms with E-state index in [0.29, 0.717) is 24.1 Å². The normalized spacial score (nSPS) is 25.4. The van der Waals surface area contributed by atoms with Crippen molar-refractivity contribution in [2.75, 3.05) is 20.6 Å². The van der Waals surface area contributed by atoms with Gasteiger partial charge in [-0.1, -0.05) is 44.2 Å². The largest absolute Gasteiger partial charge is 0.455 e. The first-order valence-corrected chi connectivity index (χ1v) is 15.4. The molecule has 12 heteroatoms. The van der Waals surface area contributed by atoms with Gasteiger partial charge < -0.3 is 20.3 Å². The van der Waals surface area contributed by atoms with Gasteiger partial charge in [-0.2, -0.15) is 0 Å². The lowest BCUT2D eigenvalue weighted by Gasteiger charge is -2.36. The predicted molar refractivity (Wildman–Crippen MR) is 169 cm³/mol. The lowest BCUT2D eigenvalue weighted by atomic mass is 9.89. The van der Waals surface area contributed by atoms with Gasteiger partial charge in [-0.15, -0.1) is 0 Å². The molecular formula is C33H44N6O6. The smallest absolute Gasteiger partial charge is 0.325 e. The highest BCUT2D eigenvalue weighted by Gasteiger charge is 2.37. The minimum atomic E-state index is -1.24. The molecule has 1 aromatic heterocycles. The third-order valence-corrected chi connectivity index (χ3v) is 8.19.